The SMILES string of the molecule is C/C=C(/C)C(=O)O[C@H]1C(C)=C2[C@H]([C@H]1OC(=O)CCC)[C@@](C)(OC(C)=O)C[C@H](OC(=O)CCC)[C@@]1(O)[C@H]2OC(=O)[C@@]1(C)O. The van der Waals surface area contributed by atoms with Crippen molar-refractivity contribution in [2.75, 3.05) is 0 Å². The van der Waals surface area contributed by atoms with E-state index in [1.807, 2.05) is 0 Å². The van der Waals surface area contributed by atoms with E-state index in [9.17, 15) is 34.2 Å². The molecule has 234 valence electrons. The van der Waals surface area contributed by atoms with Crippen LogP contribution in [-0.2, 0) is 47.7 Å². The summed E-state index contributed by atoms with van der Waals surface area (Å²) in [6.45, 7) is 12.0. The standard InChI is InChI=1S/C30H42O12/c1-9-12-19(32)38-18-14-28(7,42-17(6)31)22-21(25-30(18,37)29(8,36)27(35)41-25)16(5)23(40-26(34)15(4)11-3)24(22)39-20(33)13-10-2/h11,18,22-25,36-37H,9-10,12-14H2,1-8H3/b15-11-/t18-,22+,23-,24+,25-,28-,29+,30+/m0/s1. The molecule has 2 N–H and O–H groups in total. The van der Waals surface area contributed by atoms with Crippen LogP contribution in [0.4, 0.5) is 0 Å². The molecule has 3 rings (SSSR count). The molecule has 1 saturated heterocycles. The molecule has 12 heteroatoms. The third kappa shape index (κ3) is 5.58. The quantitative estimate of drug-likeness (QED) is 0.173. The second-order valence-electron chi connectivity index (χ2n) is 11.6. The number of aliphatic hydroxyl groups is 2. The van der Waals surface area contributed by atoms with Gasteiger partial charge in [0, 0.05) is 31.8 Å². The first-order valence-electron chi connectivity index (χ1n) is 14.3. The number of hydrogen-bond acceptors (Lipinski definition) is 12. The minimum absolute atomic E-state index is 0.0246. The lowest BCUT2D eigenvalue weighted by atomic mass is 9.75. The largest absolute Gasteiger partial charge is 0.459 e. The molecule has 1 aliphatic heterocycles. The van der Waals surface area contributed by atoms with Gasteiger partial charge in [-0.05, 0) is 58.6 Å². The Morgan fingerprint density at radius 1 is 1.00 bits per heavy atom. The van der Waals surface area contributed by atoms with Gasteiger partial charge in [0.1, 0.15) is 11.7 Å². The highest BCUT2D eigenvalue weighted by atomic mass is 16.6. The van der Waals surface area contributed by atoms with Gasteiger partial charge < -0.3 is 33.9 Å². The first-order valence-corrected chi connectivity index (χ1v) is 14.3. The molecule has 2 fully saturated rings. The lowest BCUT2D eigenvalue weighted by Crippen LogP contribution is -2.64. The average molecular weight is 595 g/mol. The van der Waals surface area contributed by atoms with Crippen molar-refractivity contribution in [3.8, 4) is 0 Å². The number of rotatable bonds is 9. The van der Waals surface area contributed by atoms with Gasteiger partial charge in [0.15, 0.2) is 29.5 Å². The van der Waals surface area contributed by atoms with Crippen LogP contribution in [0.3, 0.4) is 0 Å². The molecular weight excluding hydrogens is 552 g/mol. The highest BCUT2D eigenvalue weighted by Crippen LogP contribution is 2.57. The van der Waals surface area contributed by atoms with E-state index < -0.39 is 83.4 Å². The molecular formula is C30H42O12. The van der Waals surface area contributed by atoms with Crippen molar-refractivity contribution in [2.45, 2.75) is 129 Å². The van der Waals surface area contributed by atoms with Crippen molar-refractivity contribution in [1.29, 1.82) is 0 Å². The summed E-state index contributed by atoms with van der Waals surface area (Å²) < 4.78 is 28.9. The third-order valence-electron chi connectivity index (χ3n) is 8.48. The average Bonchev–Trinajstić information content (AvgIpc) is 3.22. The number of hydrogen-bond donors (Lipinski definition) is 2. The number of esters is 5. The van der Waals surface area contributed by atoms with Gasteiger partial charge in [-0.25, -0.2) is 9.59 Å². The van der Waals surface area contributed by atoms with Crippen LogP contribution in [-0.4, -0.2) is 81.3 Å². The molecule has 0 unspecified atom stereocenters. The molecule has 2 aliphatic carbocycles. The fourth-order valence-corrected chi connectivity index (χ4v) is 6.23. The van der Waals surface area contributed by atoms with E-state index in [1.54, 1.807) is 40.7 Å². The molecule has 1 saturated carbocycles. The van der Waals surface area contributed by atoms with Crippen molar-refractivity contribution in [1.82, 2.24) is 0 Å². The molecule has 8 atom stereocenters. The summed E-state index contributed by atoms with van der Waals surface area (Å²) >= 11 is 0. The van der Waals surface area contributed by atoms with E-state index in [0.29, 0.717) is 12.8 Å². The predicted octanol–water partition coefficient (Wildman–Crippen LogP) is 2.37. The maximum Gasteiger partial charge on any atom is 0.341 e. The van der Waals surface area contributed by atoms with Crippen LogP contribution in [0.15, 0.2) is 22.8 Å². The van der Waals surface area contributed by atoms with E-state index in [-0.39, 0.29) is 29.6 Å². The summed E-state index contributed by atoms with van der Waals surface area (Å²) in [4.78, 5) is 64.2. The third-order valence-corrected chi connectivity index (χ3v) is 8.48. The Morgan fingerprint density at radius 3 is 2.10 bits per heavy atom. The molecule has 0 aromatic carbocycles. The maximum atomic E-state index is 13.0. The van der Waals surface area contributed by atoms with Gasteiger partial charge in [0.2, 0.25) is 0 Å². The topological polar surface area (TPSA) is 172 Å². The van der Waals surface area contributed by atoms with E-state index in [0.717, 1.165) is 13.8 Å². The molecule has 3 aliphatic rings. The minimum Gasteiger partial charge on any atom is -0.459 e. The van der Waals surface area contributed by atoms with Crippen molar-refractivity contribution in [3.63, 3.8) is 0 Å². The Balaban J connectivity index is 2.33. The summed E-state index contributed by atoms with van der Waals surface area (Å²) in [6.07, 6.45) is -3.74. The van der Waals surface area contributed by atoms with Crippen LogP contribution >= 0.6 is 0 Å². The summed E-state index contributed by atoms with van der Waals surface area (Å²) in [5, 5.41) is 23.7. The van der Waals surface area contributed by atoms with E-state index in [2.05, 4.69) is 0 Å². The Hall–Kier alpha value is -3.25. The van der Waals surface area contributed by atoms with Crippen LogP contribution in [0.1, 0.15) is 87.5 Å². The number of allylic oxidation sites excluding steroid dienone is 1. The van der Waals surface area contributed by atoms with Crippen molar-refractivity contribution in [3.05, 3.63) is 22.8 Å². The first kappa shape index (κ1) is 33.3. The highest BCUT2D eigenvalue weighted by Gasteiger charge is 2.76. The smallest absolute Gasteiger partial charge is 0.341 e. The zero-order valence-corrected chi connectivity index (χ0v) is 25.5. The highest BCUT2D eigenvalue weighted by molar-refractivity contribution is 5.88. The lowest BCUT2D eigenvalue weighted by Gasteiger charge is -2.41. The Labute approximate surface area is 245 Å². The van der Waals surface area contributed by atoms with E-state index in [1.165, 1.54) is 6.92 Å². The molecule has 0 aromatic heterocycles. The zero-order valence-electron chi connectivity index (χ0n) is 25.5. The van der Waals surface area contributed by atoms with Crippen molar-refractivity contribution < 1.29 is 57.9 Å². The first-order chi connectivity index (χ1) is 19.5. The number of fused-ring (bicyclic) bond motifs is 3. The van der Waals surface area contributed by atoms with Crippen LogP contribution in [0.2, 0.25) is 0 Å². The van der Waals surface area contributed by atoms with Crippen LogP contribution in [0, 0.1) is 5.92 Å². The van der Waals surface area contributed by atoms with E-state index in [4.69, 9.17) is 23.7 Å². The lowest BCUT2D eigenvalue weighted by molar-refractivity contribution is -0.212. The summed E-state index contributed by atoms with van der Waals surface area (Å²) in [5.74, 6) is -5.09. The summed E-state index contributed by atoms with van der Waals surface area (Å²) in [5.41, 5.74) is -6.13. The van der Waals surface area contributed by atoms with Crippen molar-refractivity contribution >= 4 is 29.8 Å². The predicted molar refractivity (Wildman–Crippen MR) is 145 cm³/mol. The zero-order chi connectivity index (χ0) is 31.8. The fraction of sp³-hybridized carbons (Fsp3) is 0.700. The van der Waals surface area contributed by atoms with Gasteiger partial charge >= 0.3 is 29.8 Å². The molecule has 0 radical (unpaired) electrons. The van der Waals surface area contributed by atoms with Crippen LogP contribution in [0.5, 0.6) is 0 Å². The normalized spacial score (nSPS) is 35.9. The van der Waals surface area contributed by atoms with Gasteiger partial charge in [-0.3, -0.25) is 14.4 Å². The van der Waals surface area contributed by atoms with Gasteiger partial charge in [0.05, 0.1) is 5.92 Å². The van der Waals surface area contributed by atoms with Gasteiger partial charge in [-0.1, -0.05) is 19.9 Å². The Kier molecular flexibility index (Phi) is 9.63. The van der Waals surface area contributed by atoms with Crippen LogP contribution < -0.4 is 0 Å². The van der Waals surface area contributed by atoms with Crippen molar-refractivity contribution in [2.24, 2.45) is 5.92 Å². The van der Waals surface area contributed by atoms with Gasteiger partial charge in [0.25, 0.3) is 0 Å². The molecule has 0 bridgehead atoms. The number of carbonyl (C=O) groups is 5. The Morgan fingerprint density at radius 2 is 1.57 bits per heavy atom. The van der Waals surface area contributed by atoms with Gasteiger partial charge in [-0.2, -0.15) is 0 Å². The summed E-state index contributed by atoms with van der Waals surface area (Å²) in [6, 6.07) is 0. The molecule has 0 amide bonds. The molecule has 1 heterocycles. The monoisotopic (exact) mass is 594 g/mol. The van der Waals surface area contributed by atoms with Gasteiger partial charge in [-0.15, -0.1) is 0 Å². The fourth-order valence-electron chi connectivity index (χ4n) is 6.23. The summed E-state index contributed by atoms with van der Waals surface area (Å²) in [7, 11) is 0. The van der Waals surface area contributed by atoms with Crippen LogP contribution in [0.25, 0.3) is 0 Å². The number of carbonyl (C=O) groups excluding carboxylic acids is 5. The molecule has 42 heavy (non-hydrogen) atoms. The molecule has 0 aromatic rings. The Bertz CT molecular complexity index is 1200. The maximum absolute atomic E-state index is 13.0. The van der Waals surface area contributed by atoms with E-state index >= 15 is 0 Å². The second-order valence-corrected chi connectivity index (χ2v) is 11.6. The molecule has 0 spiro atoms. The number of ether oxygens (including phenoxy) is 5. The second kappa shape index (κ2) is 12.2. The minimum atomic E-state index is -2.57. The molecule has 12 nitrogen and oxygen atoms in total.